The third-order valence-corrected chi connectivity index (χ3v) is 11.2. The molecule has 0 radical (unpaired) electrons. The molecule has 0 bridgehead atoms. The zero-order valence-corrected chi connectivity index (χ0v) is 35.4. The largest absolute Gasteiger partial charge is 0.340 e. The van der Waals surface area contributed by atoms with Crippen molar-refractivity contribution >= 4 is 89.1 Å². The number of nitrogens with zero attached hydrogens (tertiary/aromatic N) is 4. The molecule has 0 amide bonds. The summed E-state index contributed by atoms with van der Waals surface area (Å²) < 4.78 is 51.2. The van der Waals surface area contributed by atoms with Gasteiger partial charge in [-0.3, -0.25) is 4.31 Å². The molecule has 0 N–H and O–H groups in total. The summed E-state index contributed by atoms with van der Waals surface area (Å²) >= 11 is 7.06. The number of para-hydroxylation sites is 2. The van der Waals surface area contributed by atoms with Gasteiger partial charge in [0, 0.05) is 59.3 Å². The number of anilines is 1. The molecule has 2 aliphatic heterocycles. The van der Waals surface area contributed by atoms with Crippen molar-refractivity contribution in [2.75, 3.05) is 36.5 Å². The van der Waals surface area contributed by atoms with Crippen LogP contribution in [0.5, 0.6) is 0 Å². The third-order valence-electron chi connectivity index (χ3n) is 9.09. The van der Waals surface area contributed by atoms with Crippen molar-refractivity contribution in [3.8, 4) is 22.5 Å². The Hall–Kier alpha value is -3.13. The molecule has 2 aromatic heterocycles. The van der Waals surface area contributed by atoms with Gasteiger partial charge in [-0.25, -0.2) is 16.8 Å². The molecule has 0 aliphatic carbocycles. The van der Waals surface area contributed by atoms with Crippen molar-refractivity contribution < 1.29 is 16.8 Å². The first-order valence-corrected chi connectivity index (χ1v) is 23.1. The normalized spacial score (nSPS) is 13.1. The Kier molecular flexibility index (Phi) is 13.0. The maximum atomic E-state index is 12.2. The van der Waals surface area contributed by atoms with Gasteiger partial charge in [0.05, 0.1) is 29.4 Å². The standard InChI is InChI=1S/C16H13BrN2O2S.C16H12BrN.C6H15N.CH3ClO2S/c1-22(20,21)19-10-18-14-5-3-2-4-11(14)8-16(18)13-9-12(17)6-7-15(13)19;17-13-6-5-11-7-8-18-15-4-2-1-3-12(15)9-16(18)14(11)10-13;1-4-7(5-2)6-3;1-5(2,3)4/h2-9H,10H2,1H3;1-6,9-10H,7-8H2;4-6H2,1-3H3;1H3. The molecule has 0 fully saturated rings. The maximum absolute atomic E-state index is 12.2. The monoisotopic (exact) mass is 888 g/mol. The number of benzene rings is 4. The lowest BCUT2D eigenvalue weighted by Crippen LogP contribution is -2.35. The van der Waals surface area contributed by atoms with Crippen LogP contribution in [-0.4, -0.2) is 63.0 Å². The van der Waals surface area contributed by atoms with Crippen LogP contribution in [-0.2, 0) is 38.7 Å². The van der Waals surface area contributed by atoms with Crippen LogP contribution >= 0.6 is 42.5 Å². The summed E-state index contributed by atoms with van der Waals surface area (Å²) in [6.45, 7) is 11.5. The van der Waals surface area contributed by atoms with Crippen molar-refractivity contribution in [2.45, 2.75) is 40.4 Å². The average molecular weight is 891 g/mol. The van der Waals surface area contributed by atoms with E-state index in [2.05, 4.69) is 127 Å². The molecule has 4 aromatic carbocycles. The molecule has 0 atom stereocenters. The SMILES string of the molecule is Brc1ccc2c(c1)-c1cc3ccccc3n1CC2.CCN(CC)CC.CS(=O)(=O)Cl.CS(=O)(=O)N1Cn2c(cc3ccccc32)-c2cc(Br)ccc21. The Balaban J connectivity index is 0.000000156. The number of halogens is 3. The van der Waals surface area contributed by atoms with Crippen LogP contribution in [0.1, 0.15) is 26.3 Å². The Morgan fingerprint density at radius 1 is 0.673 bits per heavy atom. The smallest absolute Gasteiger partial charge is 0.233 e. The number of aromatic nitrogens is 2. The average Bonchev–Trinajstić information content (AvgIpc) is 3.67. The van der Waals surface area contributed by atoms with Crippen molar-refractivity contribution in [3.05, 3.63) is 112 Å². The molecule has 8 nitrogen and oxygen atoms in total. The van der Waals surface area contributed by atoms with Gasteiger partial charge in [-0.05, 0) is 86.2 Å². The van der Waals surface area contributed by atoms with E-state index in [1.54, 1.807) is 0 Å². The van der Waals surface area contributed by atoms with Crippen molar-refractivity contribution in [1.82, 2.24) is 14.0 Å². The van der Waals surface area contributed by atoms with Gasteiger partial charge in [0.25, 0.3) is 0 Å². The van der Waals surface area contributed by atoms with E-state index in [0.29, 0.717) is 6.67 Å². The van der Waals surface area contributed by atoms with E-state index in [-0.39, 0.29) is 0 Å². The third kappa shape index (κ3) is 9.50. The van der Waals surface area contributed by atoms with Gasteiger partial charge in [0.1, 0.15) is 6.67 Å². The Labute approximate surface area is 328 Å². The highest BCUT2D eigenvalue weighted by atomic mass is 79.9. The number of sulfonamides is 1. The molecular formula is C39H43Br2ClN4O4S2. The quantitative estimate of drug-likeness (QED) is 0.165. The Morgan fingerprint density at radius 2 is 1.15 bits per heavy atom. The predicted molar refractivity (Wildman–Crippen MR) is 225 cm³/mol. The molecule has 0 saturated carbocycles. The van der Waals surface area contributed by atoms with E-state index in [1.807, 2.05) is 47.0 Å². The Bertz CT molecular complexity index is 2410. The van der Waals surface area contributed by atoms with Crippen LogP contribution in [0.4, 0.5) is 5.69 Å². The van der Waals surface area contributed by atoms with Crippen LogP contribution in [0, 0.1) is 0 Å². The molecule has 0 spiro atoms. The number of fused-ring (bicyclic) bond motifs is 10. The van der Waals surface area contributed by atoms with Crippen LogP contribution < -0.4 is 4.31 Å². The summed E-state index contributed by atoms with van der Waals surface area (Å²) in [5, 5.41) is 2.44. The lowest BCUT2D eigenvalue weighted by atomic mass is 9.99. The molecular weight excluding hydrogens is 848 g/mol. The van der Waals surface area contributed by atoms with E-state index in [1.165, 1.54) is 57.9 Å². The molecule has 4 heterocycles. The lowest BCUT2D eigenvalue weighted by Gasteiger charge is -2.31. The zero-order chi connectivity index (χ0) is 37.8. The van der Waals surface area contributed by atoms with E-state index in [4.69, 9.17) is 0 Å². The van der Waals surface area contributed by atoms with E-state index in [0.717, 1.165) is 56.0 Å². The molecule has 6 aromatic rings. The van der Waals surface area contributed by atoms with E-state index in [9.17, 15) is 16.8 Å². The molecule has 8 rings (SSSR count). The summed E-state index contributed by atoms with van der Waals surface area (Å²) in [6, 6.07) is 33.4. The summed E-state index contributed by atoms with van der Waals surface area (Å²) in [5.41, 5.74) is 9.23. The highest BCUT2D eigenvalue weighted by Crippen LogP contribution is 2.42. The first-order valence-electron chi connectivity index (χ1n) is 17.0. The molecule has 276 valence electrons. The minimum atomic E-state index is -3.34. The second-order valence-electron chi connectivity index (χ2n) is 12.5. The lowest BCUT2D eigenvalue weighted by molar-refractivity contribution is 0.321. The highest BCUT2D eigenvalue weighted by Gasteiger charge is 2.29. The van der Waals surface area contributed by atoms with Gasteiger partial charge in [-0.15, -0.1) is 0 Å². The van der Waals surface area contributed by atoms with Gasteiger partial charge in [0.2, 0.25) is 19.1 Å². The first kappa shape index (κ1) is 40.1. The maximum Gasteiger partial charge on any atom is 0.233 e. The number of aryl methyl sites for hydroxylation is 2. The fraction of sp³-hybridized carbons (Fsp3) is 0.282. The molecule has 52 heavy (non-hydrogen) atoms. The fourth-order valence-corrected chi connectivity index (χ4v) is 8.15. The summed E-state index contributed by atoms with van der Waals surface area (Å²) in [7, 11) is -2.04. The van der Waals surface area contributed by atoms with Gasteiger partial charge >= 0.3 is 0 Å². The van der Waals surface area contributed by atoms with Crippen molar-refractivity contribution in [2.24, 2.45) is 0 Å². The van der Waals surface area contributed by atoms with Gasteiger partial charge in [0.15, 0.2) is 0 Å². The number of hydrogen-bond acceptors (Lipinski definition) is 5. The van der Waals surface area contributed by atoms with Gasteiger partial charge < -0.3 is 14.0 Å². The topological polar surface area (TPSA) is 84.6 Å². The molecule has 0 saturated heterocycles. The van der Waals surface area contributed by atoms with Gasteiger partial charge in [-0.1, -0.05) is 95.1 Å². The highest BCUT2D eigenvalue weighted by molar-refractivity contribution is 9.10. The summed E-state index contributed by atoms with van der Waals surface area (Å²) in [6.07, 6.45) is 3.29. The second kappa shape index (κ2) is 16.9. The summed E-state index contributed by atoms with van der Waals surface area (Å²) in [4.78, 5) is 2.38. The second-order valence-corrected chi connectivity index (χ2v) is 19.3. The van der Waals surface area contributed by atoms with Crippen molar-refractivity contribution in [3.63, 3.8) is 0 Å². The number of rotatable bonds is 4. The zero-order valence-electron chi connectivity index (χ0n) is 29.9. The molecule has 0 unspecified atom stereocenters. The minimum absolute atomic E-state index is 0.302. The first-order chi connectivity index (χ1) is 24.6. The van der Waals surface area contributed by atoms with Crippen molar-refractivity contribution in [1.29, 1.82) is 0 Å². The van der Waals surface area contributed by atoms with Crippen LogP contribution in [0.2, 0.25) is 0 Å². The minimum Gasteiger partial charge on any atom is -0.340 e. The van der Waals surface area contributed by atoms with E-state index < -0.39 is 19.1 Å². The van der Waals surface area contributed by atoms with Gasteiger partial charge in [-0.2, -0.15) is 0 Å². The van der Waals surface area contributed by atoms with E-state index >= 15 is 0 Å². The van der Waals surface area contributed by atoms with Crippen LogP contribution in [0.15, 0.2) is 106 Å². The van der Waals surface area contributed by atoms with Crippen LogP contribution in [0.25, 0.3) is 44.3 Å². The molecule has 13 heteroatoms. The predicted octanol–water partition coefficient (Wildman–Crippen LogP) is 9.97. The van der Waals surface area contributed by atoms with Crippen LogP contribution in [0.3, 0.4) is 0 Å². The molecule has 2 aliphatic rings. The summed E-state index contributed by atoms with van der Waals surface area (Å²) in [5.74, 6) is 0. The Morgan fingerprint density at radius 3 is 1.67 bits per heavy atom. The number of hydrogen-bond donors (Lipinski definition) is 0. The fourth-order valence-electron chi connectivity index (χ4n) is 6.59.